The second-order valence-electron chi connectivity index (χ2n) is 3.36. The summed E-state index contributed by atoms with van der Waals surface area (Å²) < 4.78 is 6.60. The van der Waals surface area contributed by atoms with E-state index in [4.69, 9.17) is 16.3 Å². The van der Waals surface area contributed by atoms with E-state index in [9.17, 15) is 4.79 Å². The zero-order valence-electron chi connectivity index (χ0n) is 9.50. The molecule has 8 heteroatoms. The third-order valence-electron chi connectivity index (χ3n) is 2.15. The average molecular weight is 268 g/mol. The van der Waals surface area contributed by atoms with Crippen molar-refractivity contribution in [2.45, 2.75) is 0 Å². The minimum Gasteiger partial charge on any atom is -0.497 e. The van der Waals surface area contributed by atoms with E-state index in [1.54, 1.807) is 18.2 Å². The predicted molar refractivity (Wildman–Crippen MR) is 65.1 cm³/mol. The summed E-state index contributed by atoms with van der Waals surface area (Å²) in [5, 5.41) is 13.5. The van der Waals surface area contributed by atoms with Gasteiger partial charge in [0.15, 0.2) is 0 Å². The smallest absolute Gasteiger partial charge is 0.239 e. The molecule has 2 rings (SSSR count). The van der Waals surface area contributed by atoms with Crippen molar-refractivity contribution < 1.29 is 9.53 Å². The lowest BCUT2D eigenvalue weighted by Gasteiger charge is -2.09. The highest BCUT2D eigenvalue weighted by molar-refractivity contribution is 6.29. The number of hydrogen-bond donors (Lipinski definition) is 1. The van der Waals surface area contributed by atoms with Gasteiger partial charge in [0.25, 0.3) is 0 Å². The van der Waals surface area contributed by atoms with E-state index in [0.717, 1.165) is 0 Å². The maximum Gasteiger partial charge on any atom is 0.239 e. The molecule has 94 valence electrons. The highest BCUT2D eigenvalue weighted by Crippen LogP contribution is 2.22. The van der Waals surface area contributed by atoms with Gasteiger partial charge < -0.3 is 10.1 Å². The minimum absolute atomic E-state index is 0.114. The van der Waals surface area contributed by atoms with E-state index >= 15 is 0 Å². The Kier molecular flexibility index (Phi) is 3.73. The Hall–Kier alpha value is -2.15. The third kappa shape index (κ3) is 2.75. The average Bonchev–Trinajstić information content (AvgIpc) is 2.92. The largest absolute Gasteiger partial charge is 0.497 e. The van der Waals surface area contributed by atoms with Gasteiger partial charge >= 0.3 is 0 Å². The Labute approximate surface area is 108 Å². The number of tetrazole rings is 1. The van der Waals surface area contributed by atoms with Crippen molar-refractivity contribution in [3.8, 4) is 11.4 Å². The number of benzene rings is 1. The molecule has 18 heavy (non-hydrogen) atoms. The summed E-state index contributed by atoms with van der Waals surface area (Å²) in [7, 11) is 1.53. The molecule has 0 bridgehead atoms. The molecule has 0 aliphatic carbocycles. The van der Waals surface area contributed by atoms with E-state index in [-0.39, 0.29) is 11.8 Å². The summed E-state index contributed by atoms with van der Waals surface area (Å²) in [6, 6.07) is 5.13. The summed E-state index contributed by atoms with van der Waals surface area (Å²) in [5.41, 5.74) is 1.23. The van der Waals surface area contributed by atoms with Crippen LogP contribution < -0.4 is 10.1 Å². The number of anilines is 1. The number of methoxy groups -OCH3 is 1. The molecule has 2 aromatic rings. The van der Waals surface area contributed by atoms with E-state index in [0.29, 0.717) is 17.1 Å². The summed E-state index contributed by atoms with van der Waals surface area (Å²) >= 11 is 5.43. The molecule has 0 aliphatic rings. The van der Waals surface area contributed by atoms with Crippen molar-refractivity contribution in [3.63, 3.8) is 0 Å². The van der Waals surface area contributed by atoms with Gasteiger partial charge in [-0.05, 0) is 16.5 Å². The minimum atomic E-state index is -0.299. The highest BCUT2D eigenvalue weighted by atomic mass is 35.5. The first-order valence-electron chi connectivity index (χ1n) is 5.01. The fourth-order valence-electron chi connectivity index (χ4n) is 1.38. The van der Waals surface area contributed by atoms with Gasteiger partial charge in [-0.3, -0.25) is 4.79 Å². The summed E-state index contributed by atoms with van der Waals surface area (Å²) in [5.74, 6) is 0.165. The quantitative estimate of drug-likeness (QED) is 0.831. The second kappa shape index (κ2) is 5.46. The van der Waals surface area contributed by atoms with Crippen LogP contribution in [0.4, 0.5) is 5.69 Å². The van der Waals surface area contributed by atoms with Gasteiger partial charge in [-0.2, -0.15) is 0 Å². The lowest BCUT2D eigenvalue weighted by Crippen LogP contribution is -2.13. The van der Waals surface area contributed by atoms with Crippen LogP contribution in [0.3, 0.4) is 0 Å². The molecule has 0 spiro atoms. The van der Waals surface area contributed by atoms with Crippen LogP contribution in [0, 0.1) is 0 Å². The molecule has 0 fully saturated rings. The van der Waals surface area contributed by atoms with Gasteiger partial charge in [-0.15, -0.1) is 16.7 Å². The van der Waals surface area contributed by atoms with Crippen molar-refractivity contribution in [3.05, 3.63) is 24.5 Å². The van der Waals surface area contributed by atoms with Gasteiger partial charge in [-0.25, -0.2) is 4.68 Å². The molecule has 1 N–H and O–H groups in total. The molecule has 0 saturated heterocycles. The van der Waals surface area contributed by atoms with Gasteiger partial charge in [0.1, 0.15) is 18.0 Å². The van der Waals surface area contributed by atoms with Crippen LogP contribution in [0.5, 0.6) is 5.75 Å². The number of halogens is 1. The van der Waals surface area contributed by atoms with E-state index in [1.165, 1.54) is 18.1 Å². The van der Waals surface area contributed by atoms with Crippen LogP contribution in [0.1, 0.15) is 0 Å². The number of hydrogen-bond acceptors (Lipinski definition) is 5. The standard InChI is InChI=1S/C10H10ClN5O2/c1-18-9-3-7(13-10(17)5-11)2-8(4-9)16-6-12-14-15-16/h2-4,6H,5H2,1H3,(H,13,17). The van der Waals surface area contributed by atoms with Crippen molar-refractivity contribution in [1.82, 2.24) is 20.2 Å². The molecule has 0 radical (unpaired) electrons. The first kappa shape index (κ1) is 12.3. The van der Waals surface area contributed by atoms with Crippen LogP contribution in [-0.4, -0.2) is 39.1 Å². The zero-order chi connectivity index (χ0) is 13.0. The first-order valence-corrected chi connectivity index (χ1v) is 5.54. The normalized spacial score (nSPS) is 10.1. The van der Waals surface area contributed by atoms with Gasteiger partial charge in [0.05, 0.1) is 12.8 Å². The number of rotatable bonds is 4. The number of ether oxygens (including phenoxy) is 1. The molecule has 0 unspecified atom stereocenters. The maximum absolute atomic E-state index is 11.2. The van der Waals surface area contributed by atoms with Crippen LogP contribution >= 0.6 is 11.6 Å². The topological polar surface area (TPSA) is 81.9 Å². The molecule has 0 saturated carbocycles. The predicted octanol–water partition coefficient (Wildman–Crippen LogP) is 0.848. The van der Waals surface area contributed by atoms with Gasteiger partial charge in [-0.1, -0.05) is 0 Å². The number of nitrogens with one attached hydrogen (secondary N) is 1. The number of carbonyl (C=O) groups is 1. The number of aromatic nitrogens is 4. The second-order valence-corrected chi connectivity index (χ2v) is 3.62. The fourth-order valence-corrected chi connectivity index (χ4v) is 1.45. The van der Waals surface area contributed by atoms with Crippen molar-refractivity contribution >= 4 is 23.2 Å². The molecule has 1 aromatic heterocycles. The van der Waals surface area contributed by atoms with Gasteiger partial charge in [0.2, 0.25) is 5.91 Å². The number of nitrogens with zero attached hydrogens (tertiary/aromatic N) is 4. The highest BCUT2D eigenvalue weighted by Gasteiger charge is 2.06. The number of alkyl halides is 1. The van der Waals surface area contributed by atoms with Crippen molar-refractivity contribution in [2.24, 2.45) is 0 Å². The third-order valence-corrected chi connectivity index (χ3v) is 2.39. The van der Waals surface area contributed by atoms with Crippen molar-refractivity contribution in [1.29, 1.82) is 0 Å². The van der Waals surface area contributed by atoms with Crippen LogP contribution in [0.15, 0.2) is 24.5 Å². The SMILES string of the molecule is COc1cc(NC(=O)CCl)cc(-n2cnnn2)c1. The van der Waals surface area contributed by atoms with Crippen LogP contribution in [-0.2, 0) is 4.79 Å². The molecular formula is C10H10ClN5O2. The lowest BCUT2D eigenvalue weighted by molar-refractivity contribution is -0.113. The Morgan fingerprint density at radius 3 is 2.94 bits per heavy atom. The molecule has 0 atom stereocenters. The van der Waals surface area contributed by atoms with Crippen LogP contribution in [0.25, 0.3) is 5.69 Å². The number of amides is 1. The Balaban J connectivity index is 2.36. The molecule has 1 heterocycles. The van der Waals surface area contributed by atoms with Crippen molar-refractivity contribution in [2.75, 3.05) is 18.3 Å². The Bertz CT molecular complexity index is 543. The first-order chi connectivity index (χ1) is 8.72. The Morgan fingerprint density at radius 1 is 1.50 bits per heavy atom. The van der Waals surface area contributed by atoms with Gasteiger partial charge in [0, 0.05) is 17.8 Å². The molecule has 0 aliphatic heterocycles. The summed E-state index contributed by atoms with van der Waals surface area (Å²) in [4.78, 5) is 11.2. The van der Waals surface area contributed by atoms with E-state index < -0.39 is 0 Å². The number of carbonyl (C=O) groups excluding carboxylic acids is 1. The molecule has 7 nitrogen and oxygen atoms in total. The molecule has 1 amide bonds. The summed E-state index contributed by atoms with van der Waals surface area (Å²) in [6.45, 7) is 0. The fraction of sp³-hybridized carbons (Fsp3) is 0.200. The lowest BCUT2D eigenvalue weighted by atomic mass is 10.2. The molecule has 1 aromatic carbocycles. The Morgan fingerprint density at radius 2 is 2.33 bits per heavy atom. The van der Waals surface area contributed by atoms with E-state index in [1.807, 2.05) is 0 Å². The summed E-state index contributed by atoms with van der Waals surface area (Å²) in [6.07, 6.45) is 1.45. The maximum atomic E-state index is 11.2. The monoisotopic (exact) mass is 267 g/mol. The molecular weight excluding hydrogens is 258 g/mol. The van der Waals surface area contributed by atoms with E-state index in [2.05, 4.69) is 20.8 Å². The van der Waals surface area contributed by atoms with Crippen LogP contribution in [0.2, 0.25) is 0 Å². The zero-order valence-corrected chi connectivity index (χ0v) is 10.3.